The average molecular weight is 288 g/mol. The van der Waals surface area contributed by atoms with Crippen molar-refractivity contribution in [3.05, 3.63) is 42.2 Å². The van der Waals surface area contributed by atoms with E-state index in [-0.39, 0.29) is 12.1 Å². The molecule has 2 atom stereocenters. The van der Waals surface area contributed by atoms with Gasteiger partial charge in [0.25, 0.3) is 0 Å². The van der Waals surface area contributed by atoms with E-state index in [1.807, 2.05) is 62.7 Å². The van der Waals surface area contributed by atoms with E-state index in [0.717, 1.165) is 23.4 Å². The maximum Gasteiger partial charge on any atom is 0.142 e. The maximum absolute atomic E-state index is 6.23. The van der Waals surface area contributed by atoms with Gasteiger partial charge in [-0.05, 0) is 18.6 Å². The molecule has 2 rings (SSSR count). The lowest BCUT2D eigenvalue weighted by molar-refractivity contribution is 0.171. The standard InChI is InChI=1S/C16H24N4O/c1-5-15(17)16(12-10-18-20(4)11-12)21-14-8-6-7-13(9-14)19(2)3/h6-11,15-16H,5,17H2,1-4H3. The Morgan fingerprint density at radius 2 is 2.14 bits per heavy atom. The molecule has 21 heavy (non-hydrogen) atoms. The zero-order chi connectivity index (χ0) is 15.4. The molecular weight excluding hydrogens is 264 g/mol. The summed E-state index contributed by atoms with van der Waals surface area (Å²) in [6.45, 7) is 2.06. The van der Waals surface area contributed by atoms with Crippen LogP contribution >= 0.6 is 0 Å². The third-order valence-corrected chi connectivity index (χ3v) is 3.51. The minimum atomic E-state index is -0.193. The molecule has 114 valence electrons. The second-order valence-corrected chi connectivity index (χ2v) is 5.45. The van der Waals surface area contributed by atoms with Crippen LogP contribution in [0.15, 0.2) is 36.7 Å². The first-order chi connectivity index (χ1) is 10.0. The third-order valence-electron chi connectivity index (χ3n) is 3.51. The minimum absolute atomic E-state index is 0.0720. The predicted octanol–water partition coefficient (Wildman–Crippen LogP) is 2.34. The van der Waals surface area contributed by atoms with Crippen molar-refractivity contribution in [2.45, 2.75) is 25.5 Å². The first-order valence-electron chi connectivity index (χ1n) is 7.19. The molecule has 0 saturated carbocycles. The summed E-state index contributed by atoms with van der Waals surface area (Å²) in [5, 5.41) is 4.21. The molecule has 1 aromatic heterocycles. The fraction of sp³-hybridized carbons (Fsp3) is 0.438. The van der Waals surface area contributed by atoms with Crippen molar-refractivity contribution in [3.8, 4) is 5.75 Å². The van der Waals surface area contributed by atoms with E-state index in [2.05, 4.69) is 12.0 Å². The Morgan fingerprint density at radius 1 is 1.38 bits per heavy atom. The number of benzene rings is 1. The molecule has 5 heteroatoms. The molecule has 0 spiro atoms. The van der Waals surface area contributed by atoms with Crippen LogP contribution in [0.1, 0.15) is 25.0 Å². The highest BCUT2D eigenvalue weighted by Crippen LogP contribution is 2.27. The Hall–Kier alpha value is -2.01. The highest BCUT2D eigenvalue weighted by Gasteiger charge is 2.22. The van der Waals surface area contributed by atoms with Gasteiger partial charge in [-0.1, -0.05) is 13.0 Å². The minimum Gasteiger partial charge on any atom is -0.484 e. The molecule has 1 heterocycles. The number of anilines is 1. The van der Waals surface area contributed by atoms with Gasteiger partial charge < -0.3 is 15.4 Å². The largest absolute Gasteiger partial charge is 0.484 e. The van der Waals surface area contributed by atoms with Gasteiger partial charge in [0.2, 0.25) is 0 Å². The molecule has 2 N–H and O–H groups in total. The molecule has 0 fully saturated rings. The topological polar surface area (TPSA) is 56.3 Å². The molecule has 0 aliphatic carbocycles. The van der Waals surface area contributed by atoms with Crippen molar-refractivity contribution in [2.24, 2.45) is 12.8 Å². The fourth-order valence-electron chi connectivity index (χ4n) is 2.19. The predicted molar refractivity (Wildman–Crippen MR) is 85.6 cm³/mol. The van der Waals surface area contributed by atoms with E-state index < -0.39 is 0 Å². The van der Waals surface area contributed by atoms with Gasteiger partial charge in [0.1, 0.15) is 11.9 Å². The zero-order valence-electron chi connectivity index (χ0n) is 13.2. The monoisotopic (exact) mass is 288 g/mol. The van der Waals surface area contributed by atoms with Crippen LogP contribution in [0.2, 0.25) is 0 Å². The van der Waals surface area contributed by atoms with Gasteiger partial charge in [0.15, 0.2) is 0 Å². The van der Waals surface area contributed by atoms with Crippen molar-refractivity contribution >= 4 is 5.69 Å². The summed E-state index contributed by atoms with van der Waals surface area (Å²) in [5.74, 6) is 0.818. The highest BCUT2D eigenvalue weighted by molar-refractivity contribution is 5.49. The number of ether oxygens (including phenoxy) is 1. The van der Waals surface area contributed by atoms with Gasteiger partial charge in [0.05, 0.1) is 6.20 Å². The molecule has 5 nitrogen and oxygen atoms in total. The summed E-state index contributed by atoms with van der Waals surface area (Å²) < 4.78 is 7.92. The van der Waals surface area contributed by atoms with Crippen molar-refractivity contribution in [1.29, 1.82) is 0 Å². The van der Waals surface area contributed by atoms with Crippen molar-refractivity contribution in [2.75, 3.05) is 19.0 Å². The number of aromatic nitrogens is 2. The lowest BCUT2D eigenvalue weighted by atomic mass is 10.0. The number of aryl methyl sites for hydroxylation is 1. The van der Waals surface area contributed by atoms with E-state index in [0.29, 0.717) is 0 Å². The average Bonchev–Trinajstić information content (AvgIpc) is 2.90. The van der Waals surface area contributed by atoms with E-state index in [9.17, 15) is 0 Å². The van der Waals surface area contributed by atoms with Crippen molar-refractivity contribution < 1.29 is 4.74 Å². The summed E-state index contributed by atoms with van der Waals surface area (Å²) in [7, 11) is 5.91. The van der Waals surface area contributed by atoms with Crippen LogP contribution in [0.4, 0.5) is 5.69 Å². The number of nitrogens with two attached hydrogens (primary N) is 1. The second-order valence-electron chi connectivity index (χ2n) is 5.45. The lowest BCUT2D eigenvalue weighted by Gasteiger charge is -2.24. The summed E-state index contributed by atoms with van der Waals surface area (Å²) in [6.07, 6.45) is 4.42. The lowest BCUT2D eigenvalue weighted by Crippen LogP contribution is -2.31. The van der Waals surface area contributed by atoms with Crippen LogP contribution < -0.4 is 15.4 Å². The van der Waals surface area contributed by atoms with Crippen molar-refractivity contribution in [3.63, 3.8) is 0 Å². The summed E-state index contributed by atoms with van der Waals surface area (Å²) >= 11 is 0. The number of hydrogen-bond donors (Lipinski definition) is 1. The Bertz CT molecular complexity index is 579. The molecule has 2 aromatic rings. The van der Waals surface area contributed by atoms with Crippen LogP contribution in [-0.2, 0) is 7.05 Å². The van der Waals surface area contributed by atoms with Crippen LogP contribution in [0, 0.1) is 0 Å². The SMILES string of the molecule is CCC(N)C(Oc1cccc(N(C)C)c1)c1cnn(C)c1. The Balaban J connectivity index is 2.25. The quantitative estimate of drug-likeness (QED) is 0.886. The highest BCUT2D eigenvalue weighted by atomic mass is 16.5. The van der Waals surface area contributed by atoms with Gasteiger partial charge in [0, 0.05) is 50.7 Å². The second kappa shape index (κ2) is 6.63. The van der Waals surface area contributed by atoms with E-state index in [1.54, 1.807) is 4.68 Å². The van der Waals surface area contributed by atoms with Crippen LogP contribution in [-0.4, -0.2) is 29.9 Å². The van der Waals surface area contributed by atoms with Gasteiger partial charge >= 0.3 is 0 Å². The van der Waals surface area contributed by atoms with E-state index in [1.165, 1.54) is 0 Å². The zero-order valence-corrected chi connectivity index (χ0v) is 13.2. The molecule has 0 aliphatic heterocycles. The van der Waals surface area contributed by atoms with Crippen LogP contribution in [0.25, 0.3) is 0 Å². The molecular formula is C16H24N4O. The van der Waals surface area contributed by atoms with Crippen LogP contribution in [0.5, 0.6) is 5.75 Å². The summed E-state index contributed by atoms with van der Waals surface area (Å²) in [4.78, 5) is 2.05. The third kappa shape index (κ3) is 3.76. The maximum atomic E-state index is 6.23. The normalized spacial score (nSPS) is 13.8. The smallest absolute Gasteiger partial charge is 0.142 e. The van der Waals surface area contributed by atoms with Gasteiger partial charge in [-0.25, -0.2) is 0 Å². The first kappa shape index (κ1) is 15.4. The van der Waals surface area contributed by atoms with Crippen molar-refractivity contribution in [1.82, 2.24) is 9.78 Å². The number of nitrogens with zero attached hydrogens (tertiary/aromatic N) is 3. The van der Waals surface area contributed by atoms with Gasteiger partial charge in [-0.2, -0.15) is 5.10 Å². The summed E-state index contributed by atoms with van der Waals surface area (Å²) in [6, 6.07) is 7.94. The first-order valence-corrected chi connectivity index (χ1v) is 7.19. The molecule has 0 bridgehead atoms. The summed E-state index contributed by atoms with van der Waals surface area (Å²) in [5.41, 5.74) is 8.33. The Labute approximate surface area is 126 Å². The van der Waals surface area contributed by atoms with E-state index in [4.69, 9.17) is 10.5 Å². The Morgan fingerprint density at radius 3 is 2.71 bits per heavy atom. The van der Waals surface area contributed by atoms with Gasteiger partial charge in [-0.15, -0.1) is 0 Å². The van der Waals surface area contributed by atoms with Crippen LogP contribution in [0.3, 0.4) is 0 Å². The molecule has 2 unspecified atom stereocenters. The number of hydrogen-bond acceptors (Lipinski definition) is 4. The van der Waals surface area contributed by atoms with Gasteiger partial charge in [-0.3, -0.25) is 4.68 Å². The molecule has 1 aromatic carbocycles. The Kier molecular flexibility index (Phi) is 4.85. The molecule has 0 radical (unpaired) electrons. The molecule has 0 amide bonds. The molecule has 0 saturated heterocycles. The number of rotatable bonds is 6. The van der Waals surface area contributed by atoms with E-state index >= 15 is 0 Å². The fourth-order valence-corrected chi connectivity index (χ4v) is 2.19. The molecule has 0 aliphatic rings.